The Kier molecular flexibility index (Phi) is 9.14. The summed E-state index contributed by atoms with van der Waals surface area (Å²) in [7, 11) is 0. The number of aliphatic imine (C=N–C) groups is 2. The lowest BCUT2D eigenvalue weighted by molar-refractivity contribution is -0.124. The van der Waals surface area contributed by atoms with E-state index in [1.807, 2.05) is 18.2 Å². The summed E-state index contributed by atoms with van der Waals surface area (Å²) in [4.78, 5) is 31.3. The summed E-state index contributed by atoms with van der Waals surface area (Å²) in [6, 6.07) is 10.4. The number of piperazine rings is 1. The lowest BCUT2D eigenvalue weighted by atomic mass is 10.2. The Labute approximate surface area is 222 Å². The van der Waals surface area contributed by atoms with Crippen LogP contribution in [0.3, 0.4) is 0 Å². The van der Waals surface area contributed by atoms with E-state index < -0.39 is 11.7 Å². The summed E-state index contributed by atoms with van der Waals surface area (Å²) in [5, 5.41) is 12.9. The van der Waals surface area contributed by atoms with Gasteiger partial charge in [-0.2, -0.15) is 0 Å². The number of carbonyl (C=O) groups is 1. The zero-order valence-corrected chi connectivity index (χ0v) is 21.2. The highest BCUT2D eigenvalue weighted by Gasteiger charge is 2.18. The highest BCUT2D eigenvalue weighted by Crippen LogP contribution is 2.31. The molecule has 1 aliphatic heterocycles. The van der Waals surface area contributed by atoms with Gasteiger partial charge in [0.05, 0.1) is 22.8 Å². The van der Waals surface area contributed by atoms with E-state index in [1.165, 1.54) is 30.9 Å². The van der Waals surface area contributed by atoms with Crippen LogP contribution in [-0.4, -0.2) is 76.1 Å². The number of amides is 1. The predicted molar refractivity (Wildman–Crippen MR) is 144 cm³/mol. The highest BCUT2D eigenvalue weighted by atomic mass is 35.5. The number of hydrogen-bond acceptors (Lipinski definition) is 10. The molecule has 1 aliphatic rings. The number of carbonyl (C=O) groups excluding carboxylic acids is 1. The van der Waals surface area contributed by atoms with E-state index in [-0.39, 0.29) is 10.6 Å². The number of benzene rings is 2. The second kappa shape index (κ2) is 12.7. The van der Waals surface area contributed by atoms with E-state index in [9.17, 15) is 9.18 Å². The van der Waals surface area contributed by atoms with E-state index in [4.69, 9.17) is 16.8 Å². The topological polar surface area (TPSA) is 118 Å². The van der Waals surface area contributed by atoms with Gasteiger partial charge in [-0.1, -0.05) is 11.6 Å². The molecule has 37 heavy (non-hydrogen) atoms. The Morgan fingerprint density at radius 1 is 1.22 bits per heavy atom. The van der Waals surface area contributed by atoms with E-state index >= 15 is 0 Å². The molecular formula is C24H24ClFN8O2S. The van der Waals surface area contributed by atoms with Crippen LogP contribution in [0.15, 0.2) is 69.4 Å². The Bertz CT molecular complexity index is 1350. The molecule has 0 atom stereocenters. The van der Waals surface area contributed by atoms with Crippen LogP contribution in [0.5, 0.6) is 0 Å². The Morgan fingerprint density at radius 2 is 2.03 bits per heavy atom. The number of halogens is 2. The first-order valence-corrected chi connectivity index (χ1v) is 12.3. The van der Waals surface area contributed by atoms with Crippen LogP contribution in [-0.2, 0) is 4.79 Å². The number of anilines is 2. The molecule has 2 aromatic carbocycles. The lowest BCUT2D eigenvalue weighted by Gasteiger charge is -2.32. The van der Waals surface area contributed by atoms with E-state index in [0.29, 0.717) is 18.2 Å². The predicted octanol–water partition coefficient (Wildman–Crippen LogP) is 3.91. The first-order chi connectivity index (χ1) is 18.0. The van der Waals surface area contributed by atoms with E-state index in [0.717, 1.165) is 42.0 Å². The summed E-state index contributed by atoms with van der Waals surface area (Å²) in [5.74, 6) is -0.572. The van der Waals surface area contributed by atoms with Gasteiger partial charge in [0.1, 0.15) is 18.0 Å². The summed E-state index contributed by atoms with van der Waals surface area (Å²) in [5.41, 5.74) is 3.09. The molecule has 13 heteroatoms. The minimum Gasteiger partial charge on any atom is -0.340 e. The molecule has 3 aromatic rings. The SMILES string of the molecule is C=N/C=C(\C=N/CN1CCN(Sc2ccc3ncnc(Nc4ccc(F)c(Cl)c4)c3c2)CC1)C(=O)NO. The van der Waals surface area contributed by atoms with Gasteiger partial charge in [0.2, 0.25) is 0 Å². The number of hydrogen-bond donors (Lipinski definition) is 3. The largest absolute Gasteiger partial charge is 0.340 e. The van der Waals surface area contributed by atoms with Crippen molar-refractivity contribution in [3.63, 3.8) is 0 Å². The van der Waals surface area contributed by atoms with Crippen LogP contribution >= 0.6 is 23.5 Å². The molecule has 2 heterocycles. The van der Waals surface area contributed by atoms with Gasteiger partial charge in [0.25, 0.3) is 5.91 Å². The average Bonchev–Trinajstić information content (AvgIpc) is 2.91. The monoisotopic (exact) mass is 542 g/mol. The van der Waals surface area contributed by atoms with Crippen molar-refractivity contribution in [3.8, 4) is 0 Å². The molecular weight excluding hydrogens is 519 g/mol. The molecule has 0 bridgehead atoms. The van der Waals surface area contributed by atoms with Crippen molar-refractivity contribution in [3.05, 3.63) is 65.3 Å². The first-order valence-electron chi connectivity index (χ1n) is 11.2. The van der Waals surface area contributed by atoms with Crippen LogP contribution in [0, 0.1) is 5.82 Å². The molecule has 0 unspecified atom stereocenters. The maximum atomic E-state index is 13.5. The van der Waals surface area contributed by atoms with Gasteiger partial charge in [-0.15, -0.1) is 0 Å². The van der Waals surface area contributed by atoms with Crippen molar-refractivity contribution in [2.75, 3.05) is 38.2 Å². The highest BCUT2D eigenvalue weighted by molar-refractivity contribution is 7.97. The molecule has 1 amide bonds. The van der Waals surface area contributed by atoms with Gasteiger partial charge in [-0.3, -0.25) is 24.9 Å². The van der Waals surface area contributed by atoms with Gasteiger partial charge in [-0.05, 0) is 55.1 Å². The molecule has 0 saturated carbocycles. The number of fused-ring (bicyclic) bond motifs is 1. The number of rotatable bonds is 9. The fraction of sp³-hybridized carbons (Fsp3) is 0.208. The van der Waals surface area contributed by atoms with Crippen molar-refractivity contribution in [2.24, 2.45) is 9.98 Å². The molecule has 0 spiro atoms. The van der Waals surface area contributed by atoms with Gasteiger partial charge in [-0.25, -0.2) is 24.1 Å². The zero-order valence-electron chi connectivity index (χ0n) is 19.6. The summed E-state index contributed by atoms with van der Waals surface area (Å²) < 4.78 is 15.8. The Hall–Kier alpha value is -3.42. The molecule has 0 aliphatic carbocycles. The number of hydroxylamine groups is 1. The van der Waals surface area contributed by atoms with Crippen molar-refractivity contribution < 1.29 is 14.4 Å². The van der Waals surface area contributed by atoms with Crippen molar-refractivity contribution in [1.29, 1.82) is 0 Å². The third kappa shape index (κ3) is 7.08. The van der Waals surface area contributed by atoms with Crippen LogP contribution in [0.1, 0.15) is 0 Å². The van der Waals surface area contributed by atoms with Crippen LogP contribution in [0.4, 0.5) is 15.9 Å². The van der Waals surface area contributed by atoms with E-state index in [1.54, 1.807) is 23.5 Å². The van der Waals surface area contributed by atoms with Gasteiger partial charge < -0.3 is 5.32 Å². The fourth-order valence-electron chi connectivity index (χ4n) is 3.58. The number of nitrogens with zero attached hydrogens (tertiary/aromatic N) is 6. The van der Waals surface area contributed by atoms with Gasteiger partial charge in [0.15, 0.2) is 0 Å². The third-order valence-corrected chi connectivity index (χ3v) is 6.84. The van der Waals surface area contributed by atoms with Crippen molar-refractivity contribution >= 4 is 64.8 Å². The summed E-state index contributed by atoms with van der Waals surface area (Å²) in [6.45, 7) is 6.95. The van der Waals surface area contributed by atoms with Crippen LogP contribution in [0.2, 0.25) is 5.02 Å². The lowest BCUT2D eigenvalue weighted by Crippen LogP contribution is -2.43. The average molecular weight is 543 g/mol. The normalized spacial score (nSPS) is 15.3. The Morgan fingerprint density at radius 3 is 2.76 bits per heavy atom. The number of aromatic nitrogens is 2. The van der Waals surface area contributed by atoms with Crippen LogP contribution < -0.4 is 10.8 Å². The minimum atomic E-state index is -0.696. The van der Waals surface area contributed by atoms with Gasteiger partial charge in [0, 0.05) is 54.6 Å². The summed E-state index contributed by atoms with van der Waals surface area (Å²) in [6.07, 6.45) is 4.07. The van der Waals surface area contributed by atoms with Crippen molar-refractivity contribution in [2.45, 2.75) is 4.90 Å². The molecule has 1 fully saturated rings. The second-order valence-electron chi connectivity index (χ2n) is 7.95. The standard InChI is InChI=1S/C24H24ClFN8O2S/c1-27-12-16(24(35)32-36)13-28-15-33-6-8-34(9-7-33)37-18-3-5-22-19(11-18)23(30-14-29-22)31-17-2-4-21(26)20(25)10-17/h2-5,10-14,36H,1,6-9,15H2,(H,32,35)(H,29,30,31)/b16-12+,28-13-. The maximum absolute atomic E-state index is 13.5. The van der Waals surface area contributed by atoms with Crippen molar-refractivity contribution in [1.82, 2.24) is 24.7 Å². The van der Waals surface area contributed by atoms with Gasteiger partial charge >= 0.3 is 0 Å². The molecule has 1 aromatic heterocycles. The Balaban J connectivity index is 1.36. The quantitative estimate of drug-likeness (QED) is 0.122. The second-order valence-corrected chi connectivity index (χ2v) is 9.53. The molecule has 10 nitrogen and oxygen atoms in total. The van der Waals surface area contributed by atoms with E-state index in [2.05, 4.69) is 41.2 Å². The fourth-order valence-corrected chi connectivity index (χ4v) is 4.71. The smallest absolute Gasteiger partial charge is 0.277 e. The molecule has 192 valence electrons. The molecule has 0 radical (unpaired) electrons. The van der Waals surface area contributed by atoms with Crippen LogP contribution in [0.25, 0.3) is 10.9 Å². The maximum Gasteiger partial charge on any atom is 0.277 e. The minimum absolute atomic E-state index is 0.0331. The molecule has 3 N–H and O–H groups in total. The first kappa shape index (κ1) is 26.6. The molecule has 1 saturated heterocycles. The number of nitrogens with one attached hydrogen (secondary N) is 2. The zero-order chi connectivity index (χ0) is 26.2. The third-order valence-electron chi connectivity index (χ3n) is 5.46. The molecule has 4 rings (SSSR count). The summed E-state index contributed by atoms with van der Waals surface area (Å²) >= 11 is 7.56.